The van der Waals surface area contributed by atoms with Crippen molar-refractivity contribution in [3.8, 4) is 0 Å². The van der Waals surface area contributed by atoms with Crippen LogP contribution >= 0.6 is 0 Å². The summed E-state index contributed by atoms with van der Waals surface area (Å²) in [5.74, 6) is 0. The average molecular weight is 154 g/mol. The van der Waals surface area contributed by atoms with Gasteiger partial charge in [0.2, 0.25) is 0 Å². The molecule has 0 fully saturated rings. The number of hydrogen-bond acceptors (Lipinski definition) is 2. The highest BCUT2D eigenvalue weighted by molar-refractivity contribution is 5.11. The van der Waals surface area contributed by atoms with Gasteiger partial charge in [-0.25, -0.2) is 4.98 Å². The second kappa shape index (κ2) is 3.53. The van der Waals surface area contributed by atoms with E-state index in [-0.39, 0.29) is 6.10 Å². The lowest BCUT2D eigenvalue weighted by Gasteiger charge is -2.10. The zero-order valence-corrected chi connectivity index (χ0v) is 7.22. The standard InChI is InChI=1S/C8H14N2O/c1-4-7(11-3)8-6(2)9-5-10-8/h5,7H,4H2,1-3H3,(H,9,10). The Morgan fingerprint density at radius 1 is 1.73 bits per heavy atom. The molecule has 0 aliphatic rings. The first-order chi connectivity index (χ1) is 5.29. The summed E-state index contributed by atoms with van der Waals surface area (Å²) in [5.41, 5.74) is 2.12. The molecule has 3 heteroatoms. The van der Waals surface area contributed by atoms with Gasteiger partial charge in [0.15, 0.2) is 0 Å². The Balaban J connectivity index is 2.81. The van der Waals surface area contributed by atoms with Gasteiger partial charge < -0.3 is 9.72 Å². The first-order valence-electron chi connectivity index (χ1n) is 3.82. The molecule has 3 nitrogen and oxygen atoms in total. The lowest BCUT2D eigenvalue weighted by atomic mass is 10.2. The Morgan fingerprint density at radius 2 is 2.45 bits per heavy atom. The van der Waals surface area contributed by atoms with Crippen LogP contribution in [0.3, 0.4) is 0 Å². The number of rotatable bonds is 3. The van der Waals surface area contributed by atoms with Gasteiger partial charge in [-0.3, -0.25) is 0 Å². The number of methoxy groups -OCH3 is 1. The summed E-state index contributed by atoms with van der Waals surface area (Å²) in [7, 11) is 1.71. The van der Waals surface area contributed by atoms with E-state index in [0.717, 1.165) is 17.8 Å². The van der Waals surface area contributed by atoms with Gasteiger partial charge in [-0.1, -0.05) is 6.92 Å². The molecule has 0 aliphatic carbocycles. The number of aromatic nitrogens is 2. The normalized spacial score (nSPS) is 13.4. The minimum absolute atomic E-state index is 0.140. The van der Waals surface area contributed by atoms with Crippen LogP contribution in [0, 0.1) is 6.92 Å². The first-order valence-corrected chi connectivity index (χ1v) is 3.82. The second-order valence-corrected chi connectivity index (χ2v) is 2.55. The average Bonchev–Trinajstić information content (AvgIpc) is 2.40. The predicted octanol–water partition coefficient (Wildman–Crippen LogP) is 1.82. The Bertz CT molecular complexity index is 216. The molecule has 1 unspecified atom stereocenters. The van der Waals surface area contributed by atoms with Crippen molar-refractivity contribution in [3.63, 3.8) is 0 Å². The molecule has 0 aromatic carbocycles. The van der Waals surface area contributed by atoms with Gasteiger partial charge >= 0.3 is 0 Å². The molecule has 1 heterocycles. The highest BCUT2D eigenvalue weighted by Crippen LogP contribution is 2.19. The van der Waals surface area contributed by atoms with Gasteiger partial charge in [0.05, 0.1) is 12.0 Å². The van der Waals surface area contributed by atoms with E-state index in [0.29, 0.717) is 0 Å². The Hall–Kier alpha value is -0.830. The third kappa shape index (κ3) is 1.60. The highest BCUT2D eigenvalue weighted by atomic mass is 16.5. The molecule has 1 rings (SSSR count). The molecule has 1 aromatic heterocycles. The van der Waals surface area contributed by atoms with Gasteiger partial charge in [0, 0.05) is 12.8 Å². The Kier molecular flexibility index (Phi) is 2.65. The SMILES string of the molecule is CCC(OC)c1nc[nH]c1C. The van der Waals surface area contributed by atoms with Crippen molar-refractivity contribution in [1.29, 1.82) is 0 Å². The largest absolute Gasteiger partial charge is 0.375 e. The molecule has 1 N–H and O–H groups in total. The number of H-pyrrole nitrogens is 1. The monoisotopic (exact) mass is 154 g/mol. The van der Waals surface area contributed by atoms with Crippen LogP contribution in [0.1, 0.15) is 30.8 Å². The molecule has 0 spiro atoms. The summed E-state index contributed by atoms with van der Waals surface area (Å²) >= 11 is 0. The molecule has 1 aromatic rings. The highest BCUT2D eigenvalue weighted by Gasteiger charge is 2.12. The van der Waals surface area contributed by atoms with E-state index in [1.54, 1.807) is 13.4 Å². The molecule has 1 atom stereocenters. The smallest absolute Gasteiger partial charge is 0.101 e. The molecule has 0 saturated heterocycles. The molecule has 0 amide bonds. The van der Waals surface area contributed by atoms with Crippen LogP contribution in [-0.2, 0) is 4.74 Å². The molecule has 0 bridgehead atoms. The Labute approximate surface area is 66.8 Å². The molecular weight excluding hydrogens is 140 g/mol. The van der Waals surface area contributed by atoms with Crippen LogP contribution in [0.4, 0.5) is 0 Å². The summed E-state index contributed by atoms with van der Waals surface area (Å²) in [4.78, 5) is 7.20. The predicted molar refractivity (Wildman–Crippen MR) is 43.4 cm³/mol. The maximum Gasteiger partial charge on any atom is 0.101 e. The Morgan fingerprint density at radius 3 is 2.82 bits per heavy atom. The fourth-order valence-corrected chi connectivity index (χ4v) is 1.17. The van der Waals surface area contributed by atoms with Crippen LogP contribution < -0.4 is 0 Å². The maximum atomic E-state index is 5.24. The van der Waals surface area contributed by atoms with Crippen LogP contribution in [0.25, 0.3) is 0 Å². The van der Waals surface area contributed by atoms with Crippen molar-refractivity contribution in [2.24, 2.45) is 0 Å². The lowest BCUT2D eigenvalue weighted by molar-refractivity contribution is 0.0963. The van der Waals surface area contributed by atoms with E-state index in [9.17, 15) is 0 Å². The third-order valence-corrected chi connectivity index (χ3v) is 1.83. The van der Waals surface area contributed by atoms with Gasteiger partial charge in [-0.05, 0) is 13.3 Å². The van der Waals surface area contributed by atoms with Crippen molar-refractivity contribution in [3.05, 3.63) is 17.7 Å². The summed E-state index contributed by atoms with van der Waals surface area (Å²) < 4.78 is 5.24. The summed E-state index contributed by atoms with van der Waals surface area (Å²) in [6.45, 7) is 4.09. The van der Waals surface area contributed by atoms with Crippen molar-refractivity contribution in [1.82, 2.24) is 9.97 Å². The number of imidazole rings is 1. The van der Waals surface area contributed by atoms with E-state index < -0.39 is 0 Å². The van der Waals surface area contributed by atoms with E-state index >= 15 is 0 Å². The van der Waals surface area contributed by atoms with E-state index in [1.807, 2.05) is 6.92 Å². The molecular formula is C8H14N2O. The van der Waals surface area contributed by atoms with E-state index in [2.05, 4.69) is 16.9 Å². The summed E-state index contributed by atoms with van der Waals surface area (Å²) in [5, 5.41) is 0. The molecule has 11 heavy (non-hydrogen) atoms. The molecule has 0 saturated carbocycles. The molecule has 0 radical (unpaired) electrons. The second-order valence-electron chi connectivity index (χ2n) is 2.55. The number of nitrogens with zero attached hydrogens (tertiary/aromatic N) is 1. The van der Waals surface area contributed by atoms with Crippen molar-refractivity contribution in [2.45, 2.75) is 26.4 Å². The minimum Gasteiger partial charge on any atom is -0.375 e. The topological polar surface area (TPSA) is 37.9 Å². The number of nitrogens with one attached hydrogen (secondary N) is 1. The van der Waals surface area contributed by atoms with Gasteiger partial charge in [-0.2, -0.15) is 0 Å². The number of aryl methyl sites for hydroxylation is 1. The van der Waals surface area contributed by atoms with Crippen LogP contribution in [0.2, 0.25) is 0 Å². The van der Waals surface area contributed by atoms with Crippen LogP contribution in [0.15, 0.2) is 6.33 Å². The summed E-state index contributed by atoms with van der Waals surface area (Å²) in [6, 6.07) is 0. The van der Waals surface area contributed by atoms with Crippen LogP contribution in [-0.4, -0.2) is 17.1 Å². The van der Waals surface area contributed by atoms with Crippen LogP contribution in [0.5, 0.6) is 0 Å². The van der Waals surface area contributed by atoms with Gasteiger partial charge in [0.25, 0.3) is 0 Å². The third-order valence-electron chi connectivity index (χ3n) is 1.83. The van der Waals surface area contributed by atoms with E-state index in [4.69, 9.17) is 4.74 Å². The fourth-order valence-electron chi connectivity index (χ4n) is 1.17. The maximum absolute atomic E-state index is 5.24. The molecule has 62 valence electrons. The van der Waals surface area contributed by atoms with Gasteiger partial charge in [0.1, 0.15) is 6.10 Å². The van der Waals surface area contributed by atoms with Crippen molar-refractivity contribution < 1.29 is 4.74 Å². The van der Waals surface area contributed by atoms with Crippen molar-refractivity contribution >= 4 is 0 Å². The molecule has 0 aliphatic heterocycles. The lowest BCUT2D eigenvalue weighted by Crippen LogP contribution is -2.01. The number of ether oxygens (including phenoxy) is 1. The quantitative estimate of drug-likeness (QED) is 0.721. The van der Waals surface area contributed by atoms with E-state index in [1.165, 1.54) is 0 Å². The summed E-state index contributed by atoms with van der Waals surface area (Å²) in [6.07, 6.45) is 2.80. The fraction of sp³-hybridized carbons (Fsp3) is 0.625. The minimum atomic E-state index is 0.140. The number of aromatic amines is 1. The number of hydrogen-bond donors (Lipinski definition) is 1. The first kappa shape index (κ1) is 8.27. The zero-order valence-electron chi connectivity index (χ0n) is 7.22. The zero-order chi connectivity index (χ0) is 8.27. The van der Waals surface area contributed by atoms with Gasteiger partial charge in [-0.15, -0.1) is 0 Å². The van der Waals surface area contributed by atoms with Crippen molar-refractivity contribution in [2.75, 3.05) is 7.11 Å².